The van der Waals surface area contributed by atoms with E-state index in [2.05, 4.69) is 9.88 Å². The van der Waals surface area contributed by atoms with Crippen molar-refractivity contribution in [2.24, 2.45) is 0 Å². The van der Waals surface area contributed by atoms with Crippen molar-refractivity contribution in [1.29, 1.82) is 0 Å². The SMILES string of the molecule is COc1ccc(NS(=O)(=O)c2cc(-c3ccno3)oc2C)cc1OC. The number of nitrogens with zero attached hydrogens (tertiary/aromatic N) is 1. The van der Waals surface area contributed by atoms with E-state index >= 15 is 0 Å². The van der Waals surface area contributed by atoms with Gasteiger partial charge in [-0.15, -0.1) is 0 Å². The van der Waals surface area contributed by atoms with Crippen LogP contribution in [0.3, 0.4) is 0 Å². The fraction of sp³-hybridized carbons (Fsp3) is 0.188. The molecular weight excluding hydrogens is 348 g/mol. The standard InChI is InChI=1S/C16H16N2O6S/c1-10-16(9-15(23-10)13-6-7-17-24-13)25(19,20)18-11-4-5-12(21-2)14(8-11)22-3/h4-9,18H,1-3H3. The van der Waals surface area contributed by atoms with Crippen LogP contribution >= 0.6 is 0 Å². The van der Waals surface area contributed by atoms with E-state index in [4.69, 9.17) is 18.4 Å². The average molecular weight is 364 g/mol. The van der Waals surface area contributed by atoms with Crippen LogP contribution in [0, 0.1) is 6.92 Å². The molecule has 0 amide bonds. The maximum Gasteiger partial charge on any atom is 0.265 e. The molecule has 25 heavy (non-hydrogen) atoms. The zero-order valence-electron chi connectivity index (χ0n) is 13.8. The minimum absolute atomic E-state index is 0.00804. The van der Waals surface area contributed by atoms with E-state index in [0.29, 0.717) is 22.9 Å². The van der Waals surface area contributed by atoms with Gasteiger partial charge in [0.05, 0.1) is 26.1 Å². The van der Waals surface area contributed by atoms with Crippen molar-refractivity contribution < 1.29 is 26.8 Å². The maximum absolute atomic E-state index is 12.7. The summed E-state index contributed by atoms with van der Waals surface area (Å²) in [5.41, 5.74) is 0.333. The summed E-state index contributed by atoms with van der Waals surface area (Å²) in [5.74, 6) is 1.77. The van der Waals surface area contributed by atoms with E-state index in [0.717, 1.165) is 0 Å². The molecule has 0 saturated heterocycles. The number of rotatable bonds is 6. The molecule has 0 aliphatic heterocycles. The number of aromatic nitrogens is 1. The van der Waals surface area contributed by atoms with Crippen molar-refractivity contribution in [2.75, 3.05) is 18.9 Å². The molecule has 0 aliphatic rings. The largest absolute Gasteiger partial charge is 0.493 e. The Morgan fingerprint density at radius 3 is 2.44 bits per heavy atom. The number of sulfonamides is 1. The van der Waals surface area contributed by atoms with Gasteiger partial charge in [0.25, 0.3) is 10.0 Å². The second kappa shape index (κ2) is 6.52. The lowest BCUT2D eigenvalue weighted by Gasteiger charge is -2.11. The van der Waals surface area contributed by atoms with Crippen molar-refractivity contribution in [3.05, 3.63) is 42.3 Å². The van der Waals surface area contributed by atoms with Crippen LogP contribution in [0.4, 0.5) is 5.69 Å². The Labute approximate surface area is 144 Å². The number of aryl methyl sites for hydroxylation is 1. The van der Waals surface area contributed by atoms with Crippen LogP contribution in [-0.2, 0) is 10.0 Å². The first-order valence-electron chi connectivity index (χ1n) is 7.21. The minimum Gasteiger partial charge on any atom is -0.493 e. The average Bonchev–Trinajstić information content (AvgIpc) is 3.23. The van der Waals surface area contributed by atoms with Gasteiger partial charge in [0.1, 0.15) is 10.7 Å². The molecule has 3 aromatic rings. The van der Waals surface area contributed by atoms with Crippen LogP contribution in [-0.4, -0.2) is 27.8 Å². The van der Waals surface area contributed by atoms with Gasteiger partial charge in [-0.3, -0.25) is 4.72 Å². The Bertz CT molecular complexity index is 976. The minimum atomic E-state index is -3.86. The zero-order chi connectivity index (χ0) is 18.0. The molecule has 1 aromatic carbocycles. The highest BCUT2D eigenvalue weighted by Crippen LogP contribution is 2.32. The summed E-state index contributed by atoms with van der Waals surface area (Å²) in [4.78, 5) is 0.00804. The lowest BCUT2D eigenvalue weighted by Crippen LogP contribution is -2.13. The molecule has 8 nitrogen and oxygen atoms in total. The molecule has 3 rings (SSSR count). The third kappa shape index (κ3) is 3.31. The van der Waals surface area contributed by atoms with Crippen LogP contribution in [0.2, 0.25) is 0 Å². The first-order valence-corrected chi connectivity index (χ1v) is 8.69. The van der Waals surface area contributed by atoms with E-state index < -0.39 is 10.0 Å². The predicted molar refractivity (Wildman–Crippen MR) is 89.3 cm³/mol. The predicted octanol–water partition coefficient (Wildman–Crippen LogP) is 3.06. The van der Waals surface area contributed by atoms with Gasteiger partial charge < -0.3 is 18.4 Å². The van der Waals surface area contributed by atoms with Crippen LogP contribution in [0.15, 0.2) is 50.4 Å². The normalized spacial score (nSPS) is 11.3. The molecule has 0 radical (unpaired) electrons. The van der Waals surface area contributed by atoms with E-state index in [-0.39, 0.29) is 16.4 Å². The third-order valence-corrected chi connectivity index (χ3v) is 4.97. The molecule has 0 spiro atoms. The Morgan fingerprint density at radius 2 is 1.80 bits per heavy atom. The quantitative estimate of drug-likeness (QED) is 0.717. The maximum atomic E-state index is 12.7. The summed E-state index contributed by atoms with van der Waals surface area (Å²) < 4.78 is 48.6. The van der Waals surface area contributed by atoms with Crippen molar-refractivity contribution in [3.63, 3.8) is 0 Å². The summed E-state index contributed by atoms with van der Waals surface area (Å²) in [7, 11) is -0.887. The highest BCUT2D eigenvalue weighted by molar-refractivity contribution is 7.92. The van der Waals surface area contributed by atoms with Gasteiger partial charge in [-0.05, 0) is 19.1 Å². The molecule has 0 aliphatic carbocycles. The van der Waals surface area contributed by atoms with Crippen molar-refractivity contribution in [1.82, 2.24) is 5.16 Å². The number of methoxy groups -OCH3 is 2. The number of furan rings is 1. The van der Waals surface area contributed by atoms with E-state index in [1.54, 1.807) is 25.1 Å². The molecule has 9 heteroatoms. The van der Waals surface area contributed by atoms with Gasteiger partial charge in [0.2, 0.25) is 5.76 Å². The molecule has 2 heterocycles. The summed E-state index contributed by atoms with van der Waals surface area (Å²) >= 11 is 0. The molecular formula is C16H16N2O6S. The molecule has 2 aromatic heterocycles. The Balaban J connectivity index is 1.92. The van der Waals surface area contributed by atoms with Crippen LogP contribution in [0.5, 0.6) is 11.5 Å². The van der Waals surface area contributed by atoms with E-state index in [9.17, 15) is 8.42 Å². The zero-order valence-corrected chi connectivity index (χ0v) is 14.6. The first kappa shape index (κ1) is 16.9. The first-order chi connectivity index (χ1) is 11.9. The van der Waals surface area contributed by atoms with Gasteiger partial charge in [-0.1, -0.05) is 5.16 Å². The van der Waals surface area contributed by atoms with E-state index in [1.165, 1.54) is 32.5 Å². The van der Waals surface area contributed by atoms with Crippen LogP contribution in [0.1, 0.15) is 5.76 Å². The summed E-state index contributed by atoms with van der Waals surface area (Å²) in [6.45, 7) is 1.56. The van der Waals surface area contributed by atoms with Crippen molar-refractivity contribution in [3.8, 4) is 23.0 Å². The second-order valence-electron chi connectivity index (χ2n) is 5.08. The molecule has 132 valence electrons. The van der Waals surface area contributed by atoms with Gasteiger partial charge in [0, 0.05) is 18.2 Å². The smallest absolute Gasteiger partial charge is 0.265 e. The number of hydrogen-bond acceptors (Lipinski definition) is 7. The Hall–Kier alpha value is -2.94. The van der Waals surface area contributed by atoms with Crippen molar-refractivity contribution >= 4 is 15.7 Å². The second-order valence-corrected chi connectivity index (χ2v) is 6.73. The number of anilines is 1. The molecule has 0 atom stereocenters. The lowest BCUT2D eigenvalue weighted by molar-refractivity contribution is 0.355. The molecule has 0 fully saturated rings. The van der Waals surface area contributed by atoms with Gasteiger partial charge in [-0.25, -0.2) is 8.42 Å². The van der Waals surface area contributed by atoms with Gasteiger partial charge in [-0.2, -0.15) is 0 Å². The molecule has 1 N–H and O–H groups in total. The Kier molecular flexibility index (Phi) is 4.41. The highest BCUT2D eigenvalue weighted by atomic mass is 32.2. The van der Waals surface area contributed by atoms with E-state index in [1.807, 2.05) is 0 Å². The topological polar surface area (TPSA) is 104 Å². The fourth-order valence-corrected chi connectivity index (χ4v) is 3.54. The molecule has 0 saturated carbocycles. The third-order valence-electron chi connectivity index (χ3n) is 3.48. The number of hydrogen-bond donors (Lipinski definition) is 1. The highest BCUT2D eigenvalue weighted by Gasteiger charge is 2.23. The van der Waals surface area contributed by atoms with Crippen LogP contribution in [0.25, 0.3) is 11.5 Å². The lowest BCUT2D eigenvalue weighted by atomic mass is 10.3. The molecule has 0 unspecified atom stereocenters. The summed E-state index contributed by atoms with van der Waals surface area (Å²) in [6, 6.07) is 7.68. The number of ether oxygens (including phenoxy) is 2. The van der Waals surface area contributed by atoms with Gasteiger partial charge in [0.15, 0.2) is 17.3 Å². The summed E-state index contributed by atoms with van der Waals surface area (Å²) in [5, 5.41) is 3.58. The van der Waals surface area contributed by atoms with Gasteiger partial charge >= 0.3 is 0 Å². The molecule has 0 bridgehead atoms. The van der Waals surface area contributed by atoms with Crippen molar-refractivity contribution in [2.45, 2.75) is 11.8 Å². The summed E-state index contributed by atoms with van der Waals surface area (Å²) in [6.07, 6.45) is 1.45. The van der Waals surface area contributed by atoms with Crippen LogP contribution < -0.4 is 14.2 Å². The fourth-order valence-electron chi connectivity index (χ4n) is 2.31. The Morgan fingerprint density at radius 1 is 1.04 bits per heavy atom. The number of benzene rings is 1. The number of nitrogens with one attached hydrogen (secondary N) is 1. The monoisotopic (exact) mass is 364 g/mol.